The predicted octanol–water partition coefficient (Wildman–Crippen LogP) is 4.77. The number of carbonyl (C=O) groups is 1. The van der Waals surface area contributed by atoms with Crippen LogP contribution in [-0.4, -0.2) is 5.97 Å². The largest absolute Gasteiger partial charge is 0.441 e. The number of hydrogen-bond donors (Lipinski definition) is 0. The summed E-state index contributed by atoms with van der Waals surface area (Å²) >= 11 is 0. The molecule has 118 valence electrons. The van der Waals surface area contributed by atoms with Crippen LogP contribution in [0.5, 0.6) is 0 Å². The zero-order valence-corrected chi connectivity index (χ0v) is 13.7. The van der Waals surface area contributed by atoms with Gasteiger partial charge in [-0.25, -0.2) is 4.79 Å². The first-order chi connectivity index (χ1) is 11.6. The van der Waals surface area contributed by atoms with Crippen molar-refractivity contribution in [3.05, 3.63) is 106 Å². The maximum Gasteiger partial charge on any atom is 0.340 e. The zero-order valence-electron chi connectivity index (χ0n) is 13.7. The summed E-state index contributed by atoms with van der Waals surface area (Å²) in [5.74, 6) is -0.269. The van der Waals surface area contributed by atoms with Crippen LogP contribution in [0.25, 0.3) is 0 Å². The number of hydrogen-bond acceptors (Lipinski definition) is 2. The Morgan fingerprint density at radius 1 is 0.792 bits per heavy atom. The fraction of sp³-hybridized carbons (Fsp3) is 0.136. The van der Waals surface area contributed by atoms with Crippen LogP contribution in [0.3, 0.4) is 0 Å². The minimum atomic E-state index is -0.882. The molecule has 24 heavy (non-hydrogen) atoms. The van der Waals surface area contributed by atoms with Crippen LogP contribution in [0.4, 0.5) is 0 Å². The maximum atomic E-state index is 12.6. The first-order valence-electron chi connectivity index (χ1n) is 8.09. The molecule has 0 aromatic heterocycles. The van der Waals surface area contributed by atoms with Crippen molar-refractivity contribution in [2.45, 2.75) is 19.4 Å². The highest BCUT2D eigenvalue weighted by atomic mass is 16.6. The SMILES string of the molecule is Cc1ccc(C2(c3ccccc3)OC(=O)c3ccccc32)c(C)c1. The lowest BCUT2D eigenvalue weighted by Gasteiger charge is -2.31. The number of fused-ring (bicyclic) bond motifs is 1. The normalized spacial score (nSPS) is 19.0. The number of rotatable bonds is 2. The molecule has 1 unspecified atom stereocenters. The minimum absolute atomic E-state index is 0.269. The van der Waals surface area contributed by atoms with Crippen molar-refractivity contribution in [2.75, 3.05) is 0 Å². The molecule has 0 spiro atoms. The highest BCUT2D eigenvalue weighted by Gasteiger charge is 2.48. The van der Waals surface area contributed by atoms with Gasteiger partial charge in [0.15, 0.2) is 5.60 Å². The van der Waals surface area contributed by atoms with Crippen LogP contribution in [0.1, 0.15) is 38.2 Å². The average Bonchev–Trinajstić information content (AvgIpc) is 2.90. The third kappa shape index (κ3) is 2.00. The van der Waals surface area contributed by atoms with Crippen LogP contribution >= 0.6 is 0 Å². The topological polar surface area (TPSA) is 26.3 Å². The molecule has 0 N–H and O–H groups in total. The minimum Gasteiger partial charge on any atom is -0.441 e. The molecule has 0 amide bonds. The number of carbonyl (C=O) groups excluding carboxylic acids is 1. The van der Waals surface area contributed by atoms with Crippen LogP contribution in [0, 0.1) is 13.8 Å². The predicted molar refractivity (Wildman–Crippen MR) is 94.1 cm³/mol. The Bertz CT molecular complexity index is 928. The number of benzene rings is 3. The smallest absolute Gasteiger partial charge is 0.340 e. The van der Waals surface area contributed by atoms with Gasteiger partial charge in [-0.3, -0.25) is 0 Å². The maximum absolute atomic E-state index is 12.6. The second-order valence-corrected chi connectivity index (χ2v) is 6.30. The molecule has 1 heterocycles. The molecule has 1 atom stereocenters. The highest BCUT2D eigenvalue weighted by molar-refractivity contribution is 5.96. The first-order valence-corrected chi connectivity index (χ1v) is 8.09. The average molecular weight is 314 g/mol. The van der Waals surface area contributed by atoms with Gasteiger partial charge in [-0.2, -0.15) is 0 Å². The standard InChI is InChI=1S/C22H18O2/c1-15-12-13-19(16(2)14-15)22(17-8-4-3-5-9-17)20-11-7-6-10-18(20)21(23)24-22/h3-14H,1-2H3. The van der Waals surface area contributed by atoms with E-state index in [1.165, 1.54) is 5.56 Å². The second-order valence-electron chi connectivity index (χ2n) is 6.30. The lowest BCUT2D eigenvalue weighted by Crippen LogP contribution is -2.30. The lowest BCUT2D eigenvalue weighted by molar-refractivity contribution is 0.0250. The molecule has 4 rings (SSSR count). The summed E-state index contributed by atoms with van der Waals surface area (Å²) in [6, 6.07) is 23.9. The van der Waals surface area contributed by atoms with E-state index in [9.17, 15) is 4.79 Å². The summed E-state index contributed by atoms with van der Waals surface area (Å²) in [5, 5.41) is 0. The van der Waals surface area contributed by atoms with Crippen molar-refractivity contribution >= 4 is 5.97 Å². The molecule has 2 heteroatoms. The molecule has 0 aliphatic carbocycles. The monoisotopic (exact) mass is 314 g/mol. The van der Waals surface area contributed by atoms with Crippen molar-refractivity contribution in [3.63, 3.8) is 0 Å². The highest BCUT2D eigenvalue weighted by Crippen LogP contribution is 2.47. The summed E-state index contributed by atoms with van der Waals surface area (Å²) in [7, 11) is 0. The molecular weight excluding hydrogens is 296 g/mol. The number of aryl methyl sites for hydroxylation is 2. The molecule has 0 radical (unpaired) electrons. The molecule has 0 fully saturated rings. The van der Waals surface area contributed by atoms with Crippen LogP contribution < -0.4 is 0 Å². The Kier molecular flexibility index (Phi) is 3.27. The van der Waals surface area contributed by atoms with Crippen LogP contribution in [0.2, 0.25) is 0 Å². The quantitative estimate of drug-likeness (QED) is 0.637. The van der Waals surface area contributed by atoms with Crippen molar-refractivity contribution in [3.8, 4) is 0 Å². The van der Waals surface area contributed by atoms with E-state index in [0.717, 1.165) is 22.3 Å². The van der Waals surface area contributed by atoms with Gasteiger partial charge in [0.25, 0.3) is 0 Å². The molecule has 2 nitrogen and oxygen atoms in total. The van der Waals surface area contributed by atoms with Crippen molar-refractivity contribution in [1.82, 2.24) is 0 Å². The van der Waals surface area contributed by atoms with E-state index in [1.54, 1.807) is 0 Å². The van der Waals surface area contributed by atoms with E-state index in [4.69, 9.17) is 4.74 Å². The fourth-order valence-electron chi connectivity index (χ4n) is 3.67. The molecule has 3 aromatic rings. The van der Waals surface area contributed by atoms with E-state index < -0.39 is 5.60 Å². The molecule has 1 aliphatic heterocycles. The Balaban J connectivity index is 2.08. The third-order valence-corrected chi connectivity index (χ3v) is 4.71. The molecule has 1 aliphatic rings. The summed E-state index contributed by atoms with van der Waals surface area (Å²) in [6.07, 6.45) is 0. The number of ether oxygens (including phenoxy) is 1. The lowest BCUT2D eigenvalue weighted by atomic mass is 9.78. The van der Waals surface area contributed by atoms with Gasteiger partial charge >= 0.3 is 5.97 Å². The van der Waals surface area contributed by atoms with Crippen molar-refractivity contribution in [1.29, 1.82) is 0 Å². The molecule has 3 aromatic carbocycles. The van der Waals surface area contributed by atoms with Crippen molar-refractivity contribution in [2.24, 2.45) is 0 Å². The molecule has 0 saturated heterocycles. The van der Waals surface area contributed by atoms with E-state index >= 15 is 0 Å². The van der Waals surface area contributed by atoms with Gasteiger partial charge in [0.2, 0.25) is 0 Å². The van der Waals surface area contributed by atoms with Gasteiger partial charge in [0, 0.05) is 16.7 Å². The van der Waals surface area contributed by atoms with E-state index in [0.29, 0.717) is 5.56 Å². The second kappa shape index (κ2) is 5.34. The molecule has 0 saturated carbocycles. The third-order valence-electron chi connectivity index (χ3n) is 4.71. The fourth-order valence-corrected chi connectivity index (χ4v) is 3.67. The van der Waals surface area contributed by atoms with Crippen molar-refractivity contribution < 1.29 is 9.53 Å². The Hall–Kier alpha value is -2.87. The summed E-state index contributed by atoms with van der Waals surface area (Å²) in [5.41, 5.74) is 4.95. The van der Waals surface area contributed by atoms with Gasteiger partial charge in [-0.15, -0.1) is 0 Å². The van der Waals surface area contributed by atoms with E-state index in [-0.39, 0.29) is 5.97 Å². The van der Waals surface area contributed by atoms with E-state index in [2.05, 4.69) is 32.0 Å². The van der Waals surface area contributed by atoms with Gasteiger partial charge in [0.1, 0.15) is 0 Å². The Labute approximate surface area is 141 Å². The summed E-state index contributed by atoms with van der Waals surface area (Å²) in [6.45, 7) is 4.14. The van der Waals surface area contributed by atoms with Gasteiger partial charge in [-0.1, -0.05) is 72.3 Å². The van der Waals surface area contributed by atoms with Gasteiger partial charge in [0.05, 0.1) is 5.56 Å². The number of esters is 1. The molecular formula is C22H18O2. The van der Waals surface area contributed by atoms with Gasteiger partial charge in [-0.05, 0) is 25.5 Å². The van der Waals surface area contributed by atoms with Gasteiger partial charge < -0.3 is 4.74 Å². The Morgan fingerprint density at radius 2 is 1.50 bits per heavy atom. The first kappa shape index (κ1) is 14.7. The zero-order chi connectivity index (χ0) is 16.7. The Morgan fingerprint density at radius 3 is 2.25 bits per heavy atom. The molecule has 0 bridgehead atoms. The van der Waals surface area contributed by atoms with Crippen LogP contribution in [-0.2, 0) is 10.3 Å². The number of cyclic esters (lactones) is 1. The summed E-state index contributed by atoms with van der Waals surface area (Å²) < 4.78 is 6.07. The van der Waals surface area contributed by atoms with E-state index in [1.807, 2.05) is 54.6 Å². The van der Waals surface area contributed by atoms with Crippen LogP contribution in [0.15, 0.2) is 72.8 Å². The summed E-state index contributed by atoms with van der Waals surface area (Å²) in [4.78, 5) is 12.6.